The Morgan fingerprint density at radius 3 is 2.82 bits per heavy atom. The van der Waals surface area contributed by atoms with Gasteiger partial charge in [0.2, 0.25) is 0 Å². The van der Waals surface area contributed by atoms with Crippen molar-refractivity contribution in [3.05, 3.63) is 20.8 Å². The maximum absolute atomic E-state index is 9.21. The average molecular weight is 187 g/mol. The molecule has 0 aliphatic heterocycles. The van der Waals surface area contributed by atoms with Gasteiger partial charge in [-0.1, -0.05) is 17.5 Å². The summed E-state index contributed by atoms with van der Waals surface area (Å²) in [5.74, 6) is 2.22. The fourth-order valence-electron chi connectivity index (χ4n) is 0.710. The van der Waals surface area contributed by atoms with Crippen LogP contribution < -0.4 is 0 Å². The second kappa shape index (κ2) is 3.27. The molecule has 1 nitrogen and oxygen atoms in total. The van der Waals surface area contributed by atoms with Gasteiger partial charge in [-0.2, -0.15) is 0 Å². The summed E-state index contributed by atoms with van der Waals surface area (Å²) in [6.45, 7) is 1.88. The first kappa shape index (κ1) is 8.61. The maximum atomic E-state index is 9.21. The first-order chi connectivity index (χ1) is 5.16. The van der Waals surface area contributed by atoms with E-state index in [0.29, 0.717) is 9.90 Å². The zero-order chi connectivity index (χ0) is 8.43. The number of aliphatic hydroxyl groups excluding tert-OH is 1. The highest BCUT2D eigenvalue weighted by molar-refractivity contribution is 7.10. The summed E-state index contributed by atoms with van der Waals surface area (Å²) in [7, 11) is 0. The SMILES string of the molecule is C#CC(O)c1scc(C)c1Cl. The van der Waals surface area contributed by atoms with Crippen LogP contribution in [0.1, 0.15) is 16.5 Å². The third kappa shape index (κ3) is 1.57. The molecular weight excluding hydrogens is 180 g/mol. The fraction of sp³-hybridized carbons (Fsp3) is 0.250. The molecule has 1 unspecified atom stereocenters. The number of halogens is 1. The molecule has 1 aromatic heterocycles. The lowest BCUT2D eigenvalue weighted by atomic mass is 10.2. The number of aryl methyl sites for hydroxylation is 1. The van der Waals surface area contributed by atoms with E-state index in [2.05, 4.69) is 5.92 Å². The van der Waals surface area contributed by atoms with Gasteiger partial charge in [-0.3, -0.25) is 0 Å². The standard InChI is InChI=1S/C8H7ClOS/c1-3-6(10)8-7(9)5(2)4-11-8/h1,4,6,10H,2H3. The van der Waals surface area contributed by atoms with Crippen molar-refractivity contribution in [3.8, 4) is 12.3 Å². The molecule has 58 valence electrons. The third-order valence-corrected chi connectivity index (χ3v) is 3.10. The Morgan fingerprint density at radius 2 is 2.45 bits per heavy atom. The minimum Gasteiger partial charge on any atom is -0.375 e. The number of rotatable bonds is 1. The van der Waals surface area contributed by atoms with Crippen molar-refractivity contribution in [2.75, 3.05) is 0 Å². The molecule has 0 amide bonds. The zero-order valence-corrected chi connectivity index (χ0v) is 7.54. The summed E-state index contributed by atoms with van der Waals surface area (Å²) in [6, 6.07) is 0. The zero-order valence-electron chi connectivity index (χ0n) is 5.97. The molecule has 0 fully saturated rings. The Bertz CT molecular complexity index is 298. The molecule has 0 spiro atoms. The van der Waals surface area contributed by atoms with Crippen LogP contribution in [0.2, 0.25) is 5.02 Å². The number of thiophene rings is 1. The van der Waals surface area contributed by atoms with Gasteiger partial charge in [-0.05, 0) is 17.9 Å². The molecule has 0 aliphatic carbocycles. The molecule has 1 rings (SSSR count). The lowest BCUT2D eigenvalue weighted by molar-refractivity contribution is 0.242. The van der Waals surface area contributed by atoms with E-state index in [1.165, 1.54) is 11.3 Å². The lowest BCUT2D eigenvalue weighted by Crippen LogP contribution is -1.89. The van der Waals surface area contributed by atoms with Crippen LogP contribution in [0.15, 0.2) is 5.38 Å². The lowest BCUT2D eigenvalue weighted by Gasteiger charge is -1.99. The summed E-state index contributed by atoms with van der Waals surface area (Å²) in [4.78, 5) is 0.659. The van der Waals surface area contributed by atoms with E-state index < -0.39 is 6.10 Å². The van der Waals surface area contributed by atoms with Crippen LogP contribution >= 0.6 is 22.9 Å². The number of hydrogen-bond donors (Lipinski definition) is 1. The van der Waals surface area contributed by atoms with Gasteiger partial charge in [-0.25, -0.2) is 0 Å². The molecule has 0 saturated heterocycles. The van der Waals surface area contributed by atoms with Crippen molar-refractivity contribution in [2.45, 2.75) is 13.0 Å². The van der Waals surface area contributed by atoms with E-state index in [4.69, 9.17) is 18.0 Å². The highest BCUT2D eigenvalue weighted by Crippen LogP contribution is 2.31. The topological polar surface area (TPSA) is 20.2 Å². The summed E-state index contributed by atoms with van der Waals surface area (Å²) in [6.07, 6.45) is 4.17. The van der Waals surface area contributed by atoms with Gasteiger partial charge in [0, 0.05) is 0 Å². The first-order valence-corrected chi connectivity index (χ1v) is 4.30. The van der Waals surface area contributed by atoms with Gasteiger partial charge < -0.3 is 5.11 Å². The minimum absolute atomic E-state index is 0.584. The number of terminal acetylenes is 1. The van der Waals surface area contributed by atoms with Crippen LogP contribution in [0.4, 0.5) is 0 Å². The molecule has 0 bridgehead atoms. The molecule has 1 aromatic rings. The third-order valence-electron chi connectivity index (χ3n) is 1.33. The molecule has 1 N–H and O–H groups in total. The predicted molar refractivity (Wildman–Crippen MR) is 47.9 cm³/mol. The van der Waals surface area contributed by atoms with Crippen molar-refractivity contribution in [3.63, 3.8) is 0 Å². The van der Waals surface area contributed by atoms with Crippen molar-refractivity contribution in [2.24, 2.45) is 0 Å². The Balaban J connectivity index is 3.07. The largest absolute Gasteiger partial charge is 0.375 e. The quantitative estimate of drug-likeness (QED) is 0.668. The van der Waals surface area contributed by atoms with Gasteiger partial charge in [-0.15, -0.1) is 17.8 Å². The van der Waals surface area contributed by atoms with Gasteiger partial charge in [0.25, 0.3) is 0 Å². The van der Waals surface area contributed by atoms with Crippen molar-refractivity contribution in [1.82, 2.24) is 0 Å². The molecule has 0 saturated carbocycles. The van der Waals surface area contributed by atoms with E-state index in [1.54, 1.807) is 0 Å². The first-order valence-electron chi connectivity index (χ1n) is 3.04. The molecule has 0 aliphatic rings. The van der Waals surface area contributed by atoms with Crippen molar-refractivity contribution >= 4 is 22.9 Å². The van der Waals surface area contributed by atoms with E-state index in [-0.39, 0.29) is 0 Å². The van der Waals surface area contributed by atoms with Gasteiger partial charge in [0.15, 0.2) is 6.10 Å². The highest BCUT2D eigenvalue weighted by Gasteiger charge is 2.12. The van der Waals surface area contributed by atoms with E-state index >= 15 is 0 Å². The van der Waals surface area contributed by atoms with Crippen LogP contribution in [0, 0.1) is 19.3 Å². The van der Waals surface area contributed by atoms with Gasteiger partial charge in [0.1, 0.15) is 0 Å². The summed E-state index contributed by atoms with van der Waals surface area (Å²) in [5, 5.41) is 11.7. The predicted octanol–water partition coefficient (Wildman–Crippen LogP) is 2.38. The maximum Gasteiger partial charge on any atom is 0.150 e. The summed E-state index contributed by atoms with van der Waals surface area (Å²) in [5.41, 5.74) is 0.959. The Labute approximate surface area is 74.6 Å². The summed E-state index contributed by atoms with van der Waals surface area (Å²) < 4.78 is 0. The Hall–Kier alpha value is -0.490. The number of aliphatic hydroxyl groups is 1. The Morgan fingerprint density at radius 1 is 1.82 bits per heavy atom. The normalized spacial score (nSPS) is 12.5. The molecule has 1 atom stereocenters. The molecule has 0 aromatic carbocycles. The van der Waals surface area contributed by atoms with Crippen LogP contribution in [0.25, 0.3) is 0 Å². The molecular formula is C8H7ClOS. The van der Waals surface area contributed by atoms with Gasteiger partial charge in [0.05, 0.1) is 9.90 Å². The smallest absolute Gasteiger partial charge is 0.150 e. The van der Waals surface area contributed by atoms with Crippen LogP contribution in [0.5, 0.6) is 0 Å². The highest BCUT2D eigenvalue weighted by atomic mass is 35.5. The van der Waals surface area contributed by atoms with Crippen LogP contribution in [-0.4, -0.2) is 5.11 Å². The van der Waals surface area contributed by atoms with Crippen LogP contribution in [0.3, 0.4) is 0 Å². The molecule has 3 heteroatoms. The molecule has 0 radical (unpaired) electrons. The Kier molecular flexibility index (Phi) is 2.56. The van der Waals surface area contributed by atoms with E-state index in [1.807, 2.05) is 12.3 Å². The minimum atomic E-state index is -0.860. The fourth-order valence-corrected chi connectivity index (χ4v) is 1.95. The van der Waals surface area contributed by atoms with Crippen LogP contribution in [-0.2, 0) is 0 Å². The molecule has 11 heavy (non-hydrogen) atoms. The van der Waals surface area contributed by atoms with Gasteiger partial charge >= 0.3 is 0 Å². The van der Waals surface area contributed by atoms with E-state index in [9.17, 15) is 5.11 Å². The van der Waals surface area contributed by atoms with Crippen molar-refractivity contribution < 1.29 is 5.11 Å². The van der Waals surface area contributed by atoms with Crippen molar-refractivity contribution in [1.29, 1.82) is 0 Å². The molecule has 1 heterocycles. The number of hydrogen-bond acceptors (Lipinski definition) is 2. The average Bonchev–Trinajstić information content (AvgIpc) is 2.32. The summed E-state index contributed by atoms with van der Waals surface area (Å²) >= 11 is 7.22. The van der Waals surface area contributed by atoms with E-state index in [0.717, 1.165) is 5.56 Å². The second-order valence-electron chi connectivity index (χ2n) is 2.17. The monoisotopic (exact) mass is 186 g/mol. The second-order valence-corrected chi connectivity index (χ2v) is 3.46.